The van der Waals surface area contributed by atoms with E-state index in [2.05, 4.69) is 16.5 Å². The molecule has 0 unspecified atom stereocenters. The van der Waals surface area contributed by atoms with Crippen molar-refractivity contribution in [1.82, 2.24) is 14.9 Å². The van der Waals surface area contributed by atoms with Gasteiger partial charge in [-0.3, -0.25) is 9.59 Å². The molecule has 0 aliphatic carbocycles. The summed E-state index contributed by atoms with van der Waals surface area (Å²) in [6, 6.07) is 0. The lowest BCUT2D eigenvalue weighted by molar-refractivity contribution is -0.117. The first-order chi connectivity index (χ1) is 13.8. The topological polar surface area (TPSA) is 139 Å². The number of thioether (sulfide) groups is 1. The van der Waals surface area contributed by atoms with E-state index < -0.39 is 8.60 Å². The van der Waals surface area contributed by atoms with Gasteiger partial charge in [-0.05, 0) is 26.7 Å². The van der Waals surface area contributed by atoms with Gasteiger partial charge >= 0.3 is 8.60 Å². The minimum absolute atomic E-state index is 0.000787. The maximum atomic E-state index is 12.3. The summed E-state index contributed by atoms with van der Waals surface area (Å²) in [5.74, 6) is 0.806. The van der Waals surface area contributed by atoms with Crippen LogP contribution in [0.25, 0.3) is 0 Å². The third-order valence-corrected chi connectivity index (χ3v) is 5.47. The van der Waals surface area contributed by atoms with E-state index in [0.717, 1.165) is 18.2 Å². The lowest BCUT2D eigenvalue weighted by atomic mass is 10.2. The second kappa shape index (κ2) is 13.4. The van der Waals surface area contributed by atoms with Gasteiger partial charge in [0.15, 0.2) is 5.12 Å². The molecule has 0 bridgehead atoms. The number of nitrogen functional groups attached to an aromatic ring is 1. The number of rotatable bonds is 13. The van der Waals surface area contributed by atoms with Crippen LogP contribution < -0.4 is 5.73 Å². The van der Waals surface area contributed by atoms with Crippen LogP contribution in [0.5, 0.6) is 0 Å². The van der Waals surface area contributed by atoms with E-state index in [0.29, 0.717) is 41.2 Å². The number of unbranched alkanes of at least 4 members (excludes halogenated alkanes) is 1. The normalized spacial score (nSPS) is 11.9. The second-order valence-corrected chi connectivity index (χ2v) is 7.98. The van der Waals surface area contributed by atoms with E-state index in [1.54, 1.807) is 26.1 Å². The van der Waals surface area contributed by atoms with Crippen LogP contribution in [0.2, 0.25) is 0 Å². The van der Waals surface area contributed by atoms with Crippen LogP contribution >= 0.6 is 20.4 Å². The first-order valence-corrected chi connectivity index (χ1v) is 10.9. The van der Waals surface area contributed by atoms with Gasteiger partial charge in [0.1, 0.15) is 11.6 Å². The second-order valence-electron chi connectivity index (χ2n) is 6.06. The van der Waals surface area contributed by atoms with Gasteiger partial charge in [-0.15, -0.1) is 6.58 Å². The molecule has 4 N–H and O–H groups in total. The highest BCUT2D eigenvalue weighted by Gasteiger charge is 2.17. The fourth-order valence-electron chi connectivity index (χ4n) is 2.32. The highest BCUT2D eigenvalue weighted by molar-refractivity contribution is 8.16. The SMILES string of the molecule is C=CCCCC(=O)S/C(CCOP(O)O)=C(/C)N(C=O)Cc1cnc(C)nc1N. The zero-order chi connectivity index (χ0) is 21.8. The summed E-state index contributed by atoms with van der Waals surface area (Å²) in [5, 5.41) is -0.0551. The number of nitrogens with zero attached hydrogens (tertiary/aromatic N) is 3. The monoisotopic (exact) mass is 442 g/mol. The molecule has 0 spiro atoms. The van der Waals surface area contributed by atoms with Crippen molar-refractivity contribution in [3.63, 3.8) is 0 Å². The summed E-state index contributed by atoms with van der Waals surface area (Å²) >= 11 is 1.02. The average molecular weight is 442 g/mol. The molecule has 0 saturated carbocycles. The van der Waals surface area contributed by atoms with Crippen molar-refractivity contribution < 1.29 is 23.9 Å². The number of anilines is 1. The molecule has 1 rings (SSSR count). The summed E-state index contributed by atoms with van der Waals surface area (Å²) in [6.45, 7) is 7.20. The van der Waals surface area contributed by atoms with Gasteiger partial charge < -0.3 is 24.9 Å². The molecule has 160 valence electrons. The number of aryl methyl sites for hydroxylation is 1. The Hall–Kier alpha value is -1.84. The number of hydrogen-bond donors (Lipinski definition) is 3. The standard InChI is InChI=1S/C18H27N4O5PS/c1-4-5-6-7-17(24)29-16(8-9-27-28(25)26)13(2)22(12-23)11-15-10-20-14(3)21-18(15)19/h4,10,12,25-26H,1,5-9,11H2,2-3H3,(H2,19,20,21)/b16-13-. The molecule has 29 heavy (non-hydrogen) atoms. The molecular weight excluding hydrogens is 415 g/mol. The quantitative estimate of drug-likeness (QED) is 0.182. The van der Waals surface area contributed by atoms with Gasteiger partial charge in [0.2, 0.25) is 6.41 Å². The Bertz CT molecular complexity index is 745. The van der Waals surface area contributed by atoms with Crippen molar-refractivity contribution >= 4 is 37.7 Å². The van der Waals surface area contributed by atoms with E-state index >= 15 is 0 Å². The molecule has 0 atom stereocenters. The zero-order valence-corrected chi connectivity index (χ0v) is 18.3. The molecule has 1 amide bonds. The molecule has 0 aromatic carbocycles. The third-order valence-electron chi connectivity index (χ3n) is 3.88. The van der Waals surface area contributed by atoms with Gasteiger partial charge in [0.05, 0.1) is 13.2 Å². The fourth-order valence-corrected chi connectivity index (χ4v) is 3.54. The Balaban J connectivity index is 3.01. The van der Waals surface area contributed by atoms with Crippen molar-refractivity contribution in [2.24, 2.45) is 0 Å². The summed E-state index contributed by atoms with van der Waals surface area (Å²) in [4.78, 5) is 52.1. The lowest BCUT2D eigenvalue weighted by Crippen LogP contribution is -2.22. The Kier molecular flexibility index (Phi) is 11.6. The van der Waals surface area contributed by atoms with Crippen LogP contribution in [0.3, 0.4) is 0 Å². The third kappa shape index (κ3) is 9.47. The van der Waals surface area contributed by atoms with Crippen LogP contribution in [-0.4, -0.2) is 42.8 Å². The van der Waals surface area contributed by atoms with Crippen LogP contribution in [0, 0.1) is 6.92 Å². The van der Waals surface area contributed by atoms with Crippen LogP contribution in [0.4, 0.5) is 5.82 Å². The summed E-state index contributed by atoms with van der Waals surface area (Å²) in [7, 11) is -2.49. The van der Waals surface area contributed by atoms with Crippen molar-refractivity contribution in [3.05, 3.63) is 40.8 Å². The number of carbonyl (C=O) groups is 2. The first kappa shape index (κ1) is 25.2. The Morgan fingerprint density at radius 2 is 2.17 bits per heavy atom. The minimum Gasteiger partial charge on any atom is -0.383 e. The number of hydrogen-bond acceptors (Lipinski definition) is 9. The molecule has 0 fully saturated rings. The van der Waals surface area contributed by atoms with Crippen molar-refractivity contribution in [1.29, 1.82) is 0 Å². The van der Waals surface area contributed by atoms with E-state index in [9.17, 15) is 9.59 Å². The molecule has 1 heterocycles. The number of nitrogens with two attached hydrogens (primary N) is 1. The van der Waals surface area contributed by atoms with Gasteiger partial charge in [0.25, 0.3) is 0 Å². The van der Waals surface area contributed by atoms with E-state index in [1.165, 1.54) is 4.90 Å². The molecule has 1 aromatic rings. The molecule has 9 nitrogen and oxygen atoms in total. The molecule has 0 aliphatic heterocycles. The van der Waals surface area contributed by atoms with Crippen molar-refractivity contribution in [3.8, 4) is 0 Å². The Morgan fingerprint density at radius 3 is 2.76 bits per heavy atom. The number of allylic oxidation sites excluding steroid dienone is 2. The largest absolute Gasteiger partial charge is 0.383 e. The maximum Gasteiger partial charge on any atom is 0.327 e. The van der Waals surface area contributed by atoms with Crippen LogP contribution in [-0.2, 0) is 20.7 Å². The van der Waals surface area contributed by atoms with E-state index in [4.69, 9.17) is 20.0 Å². The number of aromatic nitrogens is 2. The van der Waals surface area contributed by atoms with Crippen LogP contribution in [0.15, 0.2) is 29.5 Å². The molecule has 0 saturated heterocycles. The predicted octanol–water partition coefficient (Wildman–Crippen LogP) is 2.79. The van der Waals surface area contributed by atoms with Gasteiger partial charge in [-0.1, -0.05) is 17.8 Å². The molecule has 0 aliphatic rings. The highest BCUT2D eigenvalue weighted by atomic mass is 32.2. The number of carbonyl (C=O) groups excluding carboxylic acids is 2. The average Bonchev–Trinajstić information content (AvgIpc) is 2.66. The smallest absolute Gasteiger partial charge is 0.327 e. The van der Waals surface area contributed by atoms with E-state index in [1.807, 2.05) is 0 Å². The highest BCUT2D eigenvalue weighted by Crippen LogP contribution is 2.31. The van der Waals surface area contributed by atoms with E-state index in [-0.39, 0.29) is 30.5 Å². The maximum absolute atomic E-state index is 12.3. The first-order valence-electron chi connectivity index (χ1n) is 8.90. The van der Waals surface area contributed by atoms with Gasteiger partial charge in [-0.25, -0.2) is 9.97 Å². The number of amides is 1. The molecule has 0 radical (unpaired) electrons. The fraction of sp³-hybridized carbons (Fsp3) is 0.444. The Labute approximate surface area is 176 Å². The van der Waals surface area contributed by atoms with Gasteiger partial charge in [-0.2, -0.15) is 0 Å². The van der Waals surface area contributed by atoms with Crippen molar-refractivity contribution in [2.75, 3.05) is 12.3 Å². The summed E-state index contributed by atoms with van der Waals surface area (Å²) in [5.41, 5.74) is 7.04. The predicted molar refractivity (Wildman–Crippen MR) is 114 cm³/mol. The molecule has 1 aromatic heterocycles. The lowest BCUT2D eigenvalue weighted by Gasteiger charge is -2.22. The van der Waals surface area contributed by atoms with Gasteiger partial charge in [0, 0.05) is 35.2 Å². The minimum atomic E-state index is -2.49. The zero-order valence-electron chi connectivity index (χ0n) is 16.6. The summed E-state index contributed by atoms with van der Waals surface area (Å²) in [6.07, 6.45) is 5.98. The molecular formula is C18H27N4O5PS. The Morgan fingerprint density at radius 1 is 1.45 bits per heavy atom. The molecule has 11 heteroatoms. The summed E-state index contributed by atoms with van der Waals surface area (Å²) < 4.78 is 4.82. The van der Waals surface area contributed by atoms with Crippen LogP contribution in [0.1, 0.15) is 44.0 Å². The van der Waals surface area contributed by atoms with Crippen molar-refractivity contribution in [2.45, 2.75) is 46.1 Å².